The van der Waals surface area contributed by atoms with Crippen molar-refractivity contribution in [2.75, 3.05) is 5.32 Å². The van der Waals surface area contributed by atoms with Crippen LogP contribution in [0.2, 0.25) is 0 Å². The van der Waals surface area contributed by atoms with Gasteiger partial charge in [0.05, 0.1) is 0 Å². The Morgan fingerprint density at radius 1 is 0.839 bits per heavy atom. The zero-order chi connectivity index (χ0) is 21.6. The molecule has 3 N–H and O–H groups in total. The summed E-state index contributed by atoms with van der Waals surface area (Å²) in [5, 5.41) is 4.21. The van der Waals surface area contributed by atoms with Crippen molar-refractivity contribution in [2.45, 2.75) is 12.1 Å². The first-order valence-electron chi connectivity index (χ1n) is 9.97. The molecule has 1 aliphatic rings. The fraction of sp³-hybridized carbons (Fsp3) is 0.0800. The number of fused-ring (bicyclic) bond motifs is 4. The molecule has 0 aromatic heterocycles. The lowest BCUT2D eigenvalue weighted by Crippen LogP contribution is -2.21. The SMILES string of the molecule is O=C(Nc1ccc2c(c1)-c1ccccc1C2)C(c1cccc2ccccc12)P(=O)(O)O. The van der Waals surface area contributed by atoms with Crippen molar-refractivity contribution in [1.29, 1.82) is 0 Å². The second-order valence-electron chi connectivity index (χ2n) is 7.76. The summed E-state index contributed by atoms with van der Waals surface area (Å²) < 4.78 is 12.4. The van der Waals surface area contributed by atoms with Crippen molar-refractivity contribution in [3.05, 3.63) is 102 Å². The Labute approximate surface area is 179 Å². The first-order valence-corrected chi connectivity index (χ1v) is 11.6. The maximum atomic E-state index is 13.1. The summed E-state index contributed by atoms with van der Waals surface area (Å²) >= 11 is 0. The maximum Gasteiger partial charge on any atom is 0.342 e. The number of carbonyl (C=O) groups is 1. The first-order chi connectivity index (χ1) is 14.9. The minimum Gasteiger partial charge on any atom is -0.325 e. The lowest BCUT2D eigenvalue weighted by molar-refractivity contribution is -0.116. The predicted molar refractivity (Wildman–Crippen MR) is 122 cm³/mol. The van der Waals surface area contributed by atoms with Gasteiger partial charge in [-0.15, -0.1) is 0 Å². The van der Waals surface area contributed by atoms with E-state index in [-0.39, 0.29) is 0 Å². The molecule has 0 spiro atoms. The van der Waals surface area contributed by atoms with Crippen molar-refractivity contribution < 1.29 is 19.1 Å². The monoisotopic (exact) mass is 429 g/mol. The summed E-state index contributed by atoms with van der Waals surface area (Å²) in [5.74, 6) is -0.726. The molecule has 5 rings (SSSR count). The van der Waals surface area contributed by atoms with Gasteiger partial charge in [0.15, 0.2) is 5.66 Å². The zero-order valence-corrected chi connectivity index (χ0v) is 17.4. The van der Waals surface area contributed by atoms with Crippen LogP contribution >= 0.6 is 7.60 Å². The quantitative estimate of drug-likeness (QED) is 0.340. The van der Waals surface area contributed by atoms with Gasteiger partial charge < -0.3 is 15.1 Å². The fourth-order valence-electron chi connectivity index (χ4n) is 4.38. The highest BCUT2D eigenvalue weighted by atomic mass is 31.2. The van der Waals surface area contributed by atoms with E-state index < -0.39 is 19.2 Å². The summed E-state index contributed by atoms with van der Waals surface area (Å²) in [5.41, 5.74) is 3.78. The molecule has 0 saturated carbocycles. The number of hydrogen-bond donors (Lipinski definition) is 3. The van der Waals surface area contributed by atoms with Crippen LogP contribution in [0.3, 0.4) is 0 Å². The van der Waals surface area contributed by atoms with Crippen LogP contribution in [0.1, 0.15) is 22.3 Å². The zero-order valence-electron chi connectivity index (χ0n) is 16.5. The molecular weight excluding hydrogens is 409 g/mol. The van der Waals surface area contributed by atoms with Crippen molar-refractivity contribution in [2.24, 2.45) is 0 Å². The molecule has 1 atom stereocenters. The van der Waals surface area contributed by atoms with Gasteiger partial charge in [-0.25, -0.2) is 0 Å². The summed E-state index contributed by atoms with van der Waals surface area (Å²) in [6, 6.07) is 26.1. The fourth-order valence-corrected chi connectivity index (χ4v) is 5.33. The molecule has 0 bridgehead atoms. The number of nitrogens with one attached hydrogen (secondary N) is 1. The van der Waals surface area contributed by atoms with E-state index in [2.05, 4.69) is 11.4 Å². The Morgan fingerprint density at radius 3 is 2.39 bits per heavy atom. The molecular formula is C25H20NO4P. The van der Waals surface area contributed by atoms with Gasteiger partial charge in [0.25, 0.3) is 0 Å². The third kappa shape index (κ3) is 3.57. The van der Waals surface area contributed by atoms with E-state index in [0.717, 1.165) is 22.9 Å². The maximum absolute atomic E-state index is 13.1. The molecule has 0 fully saturated rings. The summed E-state index contributed by atoms with van der Waals surface area (Å²) in [6.45, 7) is 0. The van der Waals surface area contributed by atoms with Gasteiger partial charge in [0.2, 0.25) is 5.91 Å². The van der Waals surface area contributed by atoms with Crippen LogP contribution in [0.4, 0.5) is 5.69 Å². The number of amides is 1. The molecule has 1 aliphatic carbocycles. The van der Waals surface area contributed by atoms with E-state index in [4.69, 9.17) is 0 Å². The minimum absolute atomic E-state index is 0.315. The summed E-state index contributed by atoms with van der Waals surface area (Å²) in [7, 11) is -4.78. The van der Waals surface area contributed by atoms with Gasteiger partial charge in [-0.3, -0.25) is 9.36 Å². The highest BCUT2D eigenvalue weighted by Crippen LogP contribution is 2.53. The molecule has 1 unspecified atom stereocenters. The van der Waals surface area contributed by atoms with Crippen molar-refractivity contribution in [1.82, 2.24) is 0 Å². The normalized spacial score (nSPS) is 13.5. The van der Waals surface area contributed by atoms with Gasteiger partial charge >= 0.3 is 7.60 Å². The predicted octanol–water partition coefficient (Wildman–Crippen LogP) is 5.27. The van der Waals surface area contributed by atoms with Crippen LogP contribution in [0, 0.1) is 0 Å². The lowest BCUT2D eigenvalue weighted by Gasteiger charge is -2.20. The van der Waals surface area contributed by atoms with E-state index in [1.54, 1.807) is 30.3 Å². The minimum atomic E-state index is -4.78. The molecule has 1 amide bonds. The molecule has 4 aromatic rings. The number of benzene rings is 4. The smallest absolute Gasteiger partial charge is 0.325 e. The molecule has 0 saturated heterocycles. The first kappa shape index (κ1) is 19.7. The van der Waals surface area contributed by atoms with E-state index >= 15 is 0 Å². The van der Waals surface area contributed by atoms with E-state index in [9.17, 15) is 19.1 Å². The van der Waals surface area contributed by atoms with Crippen LogP contribution in [0.15, 0.2) is 84.9 Å². The molecule has 31 heavy (non-hydrogen) atoms. The van der Waals surface area contributed by atoms with Crippen LogP contribution in [0.25, 0.3) is 21.9 Å². The van der Waals surface area contributed by atoms with Crippen molar-refractivity contribution in [3.8, 4) is 11.1 Å². The third-order valence-electron chi connectivity index (χ3n) is 5.77. The van der Waals surface area contributed by atoms with Crippen LogP contribution in [-0.2, 0) is 15.8 Å². The third-order valence-corrected chi connectivity index (χ3v) is 6.95. The number of rotatable bonds is 4. The standard InChI is InChI=1S/C25H20NO4P/c27-25(24(31(28,29)30)22-11-5-8-16-6-1-3-9-20(16)22)26-19-13-12-18-14-17-7-2-4-10-21(17)23(18)15-19/h1-13,15,24H,14H2,(H,26,27)(H2,28,29,30). The molecule has 154 valence electrons. The van der Waals surface area contributed by atoms with Crippen molar-refractivity contribution in [3.63, 3.8) is 0 Å². The molecule has 0 radical (unpaired) electrons. The van der Waals surface area contributed by atoms with E-state index in [1.807, 2.05) is 48.5 Å². The Bertz CT molecular complexity index is 1370. The highest BCUT2D eigenvalue weighted by Gasteiger charge is 2.38. The molecule has 0 aliphatic heterocycles. The number of hydrogen-bond acceptors (Lipinski definition) is 2. The lowest BCUT2D eigenvalue weighted by atomic mass is 10.0. The molecule has 6 heteroatoms. The van der Waals surface area contributed by atoms with Gasteiger partial charge in [-0.1, -0.05) is 72.8 Å². The highest BCUT2D eigenvalue weighted by molar-refractivity contribution is 7.53. The second kappa shape index (κ2) is 7.47. The summed E-state index contributed by atoms with van der Waals surface area (Å²) in [6.07, 6.45) is 0.834. The Morgan fingerprint density at radius 2 is 1.55 bits per heavy atom. The van der Waals surface area contributed by atoms with Gasteiger partial charge in [0.1, 0.15) is 0 Å². The van der Waals surface area contributed by atoms with Gasteiger partial charge in [-0.05, 0) is 57.1 Å². The van der Waals surface area contributed by atoms with Crippen LogP contribution in [-0.4, -0.2) is 15.7 Å². The molecule has 0 heterocycles. The van der Waals surface area contributed by atoms with Crippen molar-refractivity contribution >= 4 is 30.0 Å². The van der Waals surface area contributed by atoms with Crippen LogP contribution in [0.5, 0.6) is 0 Å². The Balaban J connectivity index is 1.52. The second-order valence-corrected chi connectivity index (χ2v) is 9.45. The average molecular weight is 429 g/mol. The molecule has 4 aromatic carbocycles. The number of anilines is 1. The van der Waals surface area contributed by atoms with E-state index in [0.29, 0.717) is 16.6 Å². The van der Waals surface area contributed by atoms with Gasteiger partial charge in [0, 0.05) is 5.69 Å². The largest absolute Gasteiger partial charge is 0.342 e. The Hall–Kier alpha value is -3.24. The average Bonchev–Trinajstić information content (AvgIpc) is 3.11. The summed E-state index contributed by atoms with van der Waals surface area (Å²) in [4.78, 5) is 33.3. The van der Waals surface area contributed by atoms with Gasteiger partial charge in [-0.2, -0.15) is 0 Å². The number of carbonyl (C=O) groups excluding carboxylic acids is 1. The van der Waals surface area contributed by atoms with Crippen LogP contribution < -0.4 is 5.32 Å². The molecule has 5 nitrogen and oxygen atoms in total. The topological polar surface area (TPSA) is 86.6 Å². The van der Waals surface area contributed by atoms with E-state index in [1.165, 1.54) is 11.1 Å². The Kier molecular flexibility index (Phi) is 4.75.